The van der Waals surface area contributed by atoms with E-state index in [0.29, 0.717) is 17.2 Å². The van der Waals surface area contributed by atoms with E-state index in [2.05, 4.69) is 4.72 Å². The van der Waals surface area contributed by atoms with Gasteiger partial charge in [-0.2, -0.15) is 0 Å². The topological polar surface area (TPSA) is 85.0 Å². The fourth-order valence-electron chi connectivity index (χ4n) is 3.78. The molecule has 0 amide bonds. The molecule has 1 aliphatic rings. The molecule has 1 fully saturated rings. The summed E-state index contributed by atoms with van der Waals surface area (Å²) in [6.45, 7) is 15.3. The zero-order valence-electron chi connectivity index (χ0n) is 18.8. The molecule has 1 aromatic carbocycles. The second-order valence-corrected chi connectivity index (χ2v) is 11.2. The third kappa shape index (κ3) is 6.52. The van der Waals surface area contributed by atoms with Crippen molar-refractivity contribution in [3.63, 3.8) is 0 Å². The number of nitrogens with one attached hydrogen (secondary N) is 1. The molecule has 0 aromatic heterocycles. The van der Waals surface area contributed by atoms with Crippen LogP contribution in [-0.2, 0) is 24.3 Å². The highest BCUT2D eigenvalue weighted by molar-refractivity contribution is 7.89. The SMILES string of the molecule is Cc1cc(C)c(S(=O)(=O)NC[C@H]2O[C@@H]2[C@@H](CC(C)C)C(=O)OC(C)(C)C)c(C)c1. The molecule has 29 heavy (non-hydrogen) atoms. The van der Waals surface area contributed by atoms with Crippen LogP contribution in [-0.4, -0.2) is 38.7 Å². The predicted molar refractivity (Wildman–Crippen MR) is 113 cm³/mol. The smallest absolute Gasteiger partial charge is 0.312 e. The molecule has 1 N–H and O–H groups in total. The van der Waals surface area contributed by atoms with Crippen LogP contribution < -0.4 is 4.72 Å². The number of ether oxygens (including phenoxy) is 2. The van der Waals surface area contributed by atoms with E-state index < -0.39 is 21.5 Å². The van der Waals surface area contributed by atoms with Gasteiger partial charge >= 0.3 is 5.97 Å². The summed E-state index contributed by atoms with van der Waals surface area (Å²) in [5.74, 6) is -0.384. The minimum atomic E-state index is -3.66. The van der Waals surface area contributed by atoms with Gasteiger partial charge in [-0.1, -0.05) is 31.5 Å². The van der Waals surface area contributed by atoms with E-state index in [9.17, 15) is 13.2 Å². The Kier molecular flexibility index (Phi) is 7.18. The highest BCUT2D eigenvalue weighted by Gasteiger charge is 2.49. The number of aryl methyl sites for hydroxylation is 3. The Bertz CT molecular complexity index is 831. The summed E-state index contributed by atoms with van der Waals surface area (Å²) < 4.78 is 39.6. The Morgan fingerprint density at radius 2 is 1.72 bits per heavy atom. The number of rotatable bonds is 8. The van der Waals surface area contributed by atoms with E-state index >= 15 is 0 Å². The summed E-state index contributed by atoms with van der Waals surface area (Å²) in [5.41, 5.74) is 1.89. The van der Waals surface area contributed by atoms with Gasteiger partial charge in [0.1, 0.15) is 5.60 Å². The first-order valence-electron chi connectivity index (χ1n) is 10.2. The Morgan fingerprint density at radius 3 is 2.21 bits per heavy atom. The number of epoxide rings is 1. The molecule has 3 atom stereocenters. The fraction of sp³-hybridized carbons (Fsp3) is 0.682. The van der Waals surface area contributed by atoms with Crippen LogP contribution in [0, 0.1) is 32.6 Å². The van der Waals surface area contributed by atoms with Gasteiger partial charge in [-0.3, -0.25) is 4.79 Å². The van der Waals surface area contributed by atoms with Gasteiger partial charge in [0, 0.05) is 6.54 Å². The van der Waals surface area contributed by atoms with Crippen molar-refractivity contribution in [3.05, 3.63) is 28.8 Å². The zero-order valence-corrected chi connectivity index (χ0v) is 19.6. The monoisotopic (exact) mass is 425 g/mol. The van der Waals surface area contributed by atoms with Crippen molar-refractivity contribution in [2.24, 2.45) is 11.8 Å². The van der Waals surface area contributed by atoms with E-state index in [1.165, 1.54) is 0 Å². The van der Waals surface area contributed by atoms with Crippen molar-refractivity contribution in [1.82, 2.24) is 4.72 Å². The molecule has 7 heteroatoms. The van der Waals surface area contributed by atoms with E-state index in [1.54, 1.807) is 13.8 Å². The Labute approximate surface area is 175 Å². The lowest BCUT2D eigenvalue weighted by molar-refractivity contribution is -0.161. The number of sulfonamides is 1. The van der Waals surface area contributed by atoms with Crippen molar-refractivity contribution in [3.8, 4) is 0 Å². The first kappa shape index (κ1) is 23.8. The third-order valence-corrected chi connectivity index (χ3v) is 6.53. The number of carbonyl (C=O) groups excluding carboxylic acids is 1. The highest BCUT2D eigenvalue weighted by atomic mass is 32.2. The molecule has 0 spiro atoms. The van der Waals surface area contributed by atoms with Gasteiger partial charge in [-0.25, -0.2) is 13.1 Å². The lowest BCUT2D eigenvalue weighted by Crippen LogP contribution is -2.34. The zero-order chi connectivity index (χ0) is 22.1. The van der Waals surface area contributed by atoms with Crippen LogP contribution in [0.15, 0.2) is 17.0 Å². The molecule has 1 saturated heterocycles. The summed E-state index contributed by atoms with van der Waals surface area (Å²) in [6.07, 6.45) is -0.0128. The van der Waals surface area contributed by atoms with Gasteiger partial charge in [0.15, 0.2) is 0 Å². The molecular weight excluding hydrogens is 390 g/mol. The molecular formula is C22H35NO5S. The quantitative estimate of drug-likeness (QED) is 0.507. The lowest BCUT2D eigenvalue weighted by atomic mass is 9.92. The van der Waals surface area contributed by atoms with E-state index in [1.807, 2.05) is 53.7 Å². The number of carbonyl (C=O) groups is 1. The number of hydrogen-bond donors (Lipinski definition) is 1. The largest absolute Gasteiger partial charge is 0.460 e. The molecule has 0 bridgehead atoms. The van der Waals surface area contributed by atoms with Crippen LogP contribution in [0.3, 0.4) is 0 Å². The Hall–Kier alpha value is -1.44. The molecule has 0 saturated carbocycles. The van der Waals surface area contributed by atoms with Crippen molar-refractivity contribution in [2.75, 3.05) is 6.54 Å². The van der Waals surface area contributed by atoms with Crippen LogP contribution in [0.2, 0.25) is 0 Å². The average molecular weight is 426 g/mol. The molecule has 1 heterocycles. The molecule has 1 aromatic rings. The average Bonchev–Trinajstić information content (AvgIpc) is 3.26. The third-order valence-electron chi connectivity index (χ3n) is 4.80. The molecule has 0 radical (unpaired) electrons. The highest BCUT2D eigenvalue weighted by Crippen LogP contribution is 2.35. The summed E-state index contributed by atoms with van der Waals surface area (Å²) >= 11 is 0. The minimum absolute atomic E-state index is 0.136. The van der Waals surface area contributed by atoms with Gasteiger partial charge in [-0.15, -0.1) is 0 Å². The Morgan fingerprint density at radius 1 is 1.17 bits per heavy atom. The van der Waals surface area contributed by atoms with Crippen LogP contribution in [0.25, 0.3) is 0 Å². The van der Waals surface area contributed by atoms with Crippen LogP contribution in [0.4, 0.5) is 0 Å². The Balaban J connectivity index is 2.06. The van der Waals surface area contributed by atoms with Gasteiger partial charge in [0.05, 0.1) is 23.0 Å². The maximum atomic E-state index is 12.8. The summed E-state index contributed by atoms with van der Waals surface area (Å²) in [4.78, 5) is 12.9. The van der Waals surface area contributed by atoms with Crippen molar-refractivity contribution >= 4 is 16.0 Å². The van der Waals surface area contributed by atoms with Gasteiger partial charge < -0.3 is 9.47 Å². The van der Waals surface area contributed by atoms with Crippen LogP contribution in [0.5, 0.6) is 0 Å². The lowest BCUT2D eigenvalue weighted by Gasteiger charge is -2.24. The maximum absolute atomic E-state index is 12.8. The molecule has 6 nitrogen and oxygen atoms in total. The van der Waals surface area contributed by atoms with Gasteiger partial charge in [-0.05, 0) is 65.0 Å². The summed E-state index contributed by atoms with van der Waals surface area (Å²) in [5, 5.41) is 0. The van der Waals surface area contributed by atoms with Crippen LogP contribution >= 0.6 is 0 Å². The van der Waals surface area contributed by atoms with E-state index in [-0.39, 0.29) is 24.7 Å². The number of hydrogen-bond acceptors (Lipinski definition) is 5. The molecule has 164 valence electrons. The van der Waals surface area contributed by atoms with Crippen molar-refractivity contribution < 1.29 is 22.7 Å². The second-order valence-electron chi connectivity index (χ2n) is 9.49. The molecule has 2 rings (SSSR count). The van der Waals surface area contributed by atoms with E-state index in [4.69, 9.17) is 9.47 Å². The maximum Gasteiger partial charge on any atom is 0.312 e. The normalized spacial score (nSPS) is 20.6. The van der Waals surface area contributed by atoms with Gasteiger partial charge in [0.25, 0.3) is 0 Å². The number of esters is 1. The second kappa shape index (κ2) is 8.74. The fourth-order valence-corrected chi connectivity index (χ4v) is 5.27. The first-order chi connectivity index (χ1) is 13.2. The minimum Gasteiger partial charge on any atom is -0.460 e. The van der Waals surface area contributed by atoms with E-state index in [0.717, 1.165) is 16.7 Å². The summed E-state index contributed by atoms with van der Waals surface area (Å²) in [7, 11) is -3.66. The first-order valence-corrected chi connectivity index (χ1v) is 11.7. The standard InChI is InChI=1S/C22H35NO5S/c1-13(2)9-17(21(24)28-22(6,7)8)19-18(27-19)12-23-29(25,26)20-15(4)10-14(3)11-16(20)5/h10-11,13,17-19,23H,9,12H2,1-8H3/t17-,18-,19-/m1/s1. The molecule has 0 aliphatic carbocycles. The number of benzene rings is 1. The van der Waals surface area contributed by atoms with Gasteiger partial charge in [0.2, 0.25) is 10.0 Å². The molecule has 0 unspecified atom stereocenters. The van der Waals surface area contributed by atoms with Crippen LogP contribution in [0.1, 0.15) is 57.7 Å². The van der Waals surface area contributed by atoms with Crippen molar-refractivity contribution in [2.45, 2.75) is 84.5 Å². The predicted octanol–water partition coefficient (Wildman–Crippen LogP) is 3.66. The molecule has 1 aliphatic heterocycles. The summed E-state index contributed by atoms with van der Waals surface area (Å²) in [6, 6.07) is 3.72. The van der Waals surface area contributed by atoms with Crippen molar-refractivity contribution in [1.29, 1.82) is 0 Å².